The highest BCUT2D eigenvalue weighted by atomic mass is 16.5. The summed E-state index contributed by atoms with van der Waals surface area (Å²) >= 11 is 0. The van der Waals surface area contributed by atoms with Crippen molar-refractivity contribution in [3.63, 3.8) is 0 Å². The molecule has 0 unspecified atom stereocenters. The van der Waals surface area contributed by atoms with E-state index >= 15 is 0 Å². The van der Waals surface area contributed by atoms with Crippen molar-refractivity contribution >= 4 is 11.9 Å². The SMILES string of the molecule is O=C(O)c1ccccc1.O=C(Oc1ccccc1)c1ccccc1.c1ccccc1. The first-order chi connectivity index (χ1) is 14.7. The van der Waals surface area contributed by atoms with Crippen LogP contribution in [0.4, 0.5) is 0 Å². The van der Waals surface area contributed by atoms with Gasteiger partial charge < -0.3 is 9.84 Å². The summed E-state index contributed by atoms with van der Waals surface area (Å²) in [5.74, 6) is -0.649. The molecule has 4 heteroatoms. The molecule has 30 heavy (non-hydrogen) atoms. The molecular weight excluding hydrogens is 376 g/mol. The zero-order valence-electron chi connectivity index (χ0n) is 16.3. The highest BCUT2D eigenvalue weighted by molar-refractivity contribution is 5.90. The number of carbonyl (C=O) groups excluding carboxylic acids is 1. The van der Waals surface area contributed by atoms with Crippen LogP contribution in [0.25, 0.3) is 0 Å². The van der Waals surface area contributed by atoms with E-state index in [1.54, 1.807) is 54.6 Å². The predicted octanol–water partition coefficient (Wildman–Crippen LogP) is 5.98. The molecule has 4 rings (SSSR count). The van der Waals surface area contributed by atoms with Gasteiger partial charge in [-0.2, -0.15) is 0 Å². The third-order valence-electron chi connectivity index (χ3n) is 3.65. The molecule has 0 fully saturated rings. The number of carbonyl (C=O) groups is 2. The molecule has 4 aromatic carbocycles. The molecule has 0 aromatic heterocycles. The zero-order chi connectivity index (χ0) is 21.4. The molecule has 0 aliphatic carbocycles. The maximum absolute atomic E-state index is 11.6. The van der Waals surface area contributed by atoms with E-state index in [-0.39, 0.29) is 5.97 Å². The maximum atomic E-state index is 11.6. The normalized spacial score (nSPS) is 9.07. The van der Waals surface area contributed by atoms with Crippen LogP contribution in [0, 0.1) is 0 Å². The van der Waals surface area contributed by atoms with E-state index in [4.69, 9.17) is 9.84 Å². The second kappa shape index (κ2) is 13.1. The minimum absolute atomic E-state index is 0.331. The average Bonchev–Trinajstić information content (AvgIpc) is 2.83. The van der Waals surface area contributed by atoms with Gasteiger partial charge in [0.1, 0.15) is 5.75 Å². The van der Waals surface area contributed by atoms with Crippen molar-refractivity contribution < 1.29 is 19.4 Å². The Bertz CT molecular complexity index is 959. The number of hydrogen-bond donors (Lipinski definition) is 1. The zero-order valence-corrected chi connectivity index (χ0v) is 16.3. The summed E-state index contributed by atoms with van der Waals surface area (Å²) in [6, 6.07) is 38.3. The second-order valence-corrected chi connectivity index (χ2v) is 5.89. The van der Waals surface area contributed by atoms with Gasteiger partial charge in [-0.3, -0.25) is 0 Å². The third kappa shape index (κ3) is 8.67. The maximum Gasteiger partial charge on any atom is 0.343 e. The van der Waals surface area contributed by atoms with Gasteiger partial charge in [0.2, 0.25) is 0 Å². The first-order valence-electron chi connectivity index (χ1n) is 9.27. The lowest BCUT2D eigenvalue weighted by atomic mass is 10.2. The number of ether oxygens (including phenoxy) is 1. The van der Waals surface area contributed by atoms with Gasteiger partial charge in [-0.05, 0) is 36.4 Å². The summed E-state index contributed by atoms with van der Waals surface area (Å²) in [5, 5.41) is 8.38. The minimum Gasteiger partial charge on any atom is -0.478 e. The van der Waals surface area contributed by atoms with Gasteiger partial charge in [-0.1, -0.05) is 91.0 Å². The molecule has 0 aliphatic rings. The number of carboxylic acid groups (broad SMARTS) is 1. The van der Waals surface area contributed by atoms with E-state index < -0.39 is 5.97 Å². The van der Waals surface area contributed by atoms with Gasteiger partial charge >= 0.3 is 11.9 Å². The minimum atomic E-state index is -0.879. The van der Waals surface area contributed by atoms with Crippen molar-refractivity contribution in [3.8, 4) is 5.75 Å². The number of para-hydroxylation sites is 1. The van der Waals surface area contributed by atoms with Crippen LogP contribution in [0.15, 0.2) is 127 Å². The van der Waals surface area contributed by atoms with E-state index in [0.717, 1.165) is 0 Å². The van der Waals surface area contributed by atoms with Crippen LogP contribution in [0.1, 0.15) is 20.7 Å². The molecule has 0 spiro atoms. The monoisotopic (exact) mass is 398 g/mol. The summed E-state index contributed by atoms with van der Waals surface area (Å²) < 4.78 is 5.16. The highest BCUT2D eigenvalue weighted by Crippen LogP contribution is 2.11. The van der Waals surface area contributed by atoms with Crippen molar-refractivity contribution in [3.05, 3.63) is 139 Å². The molecule has 0 heterocycles. The summed E-state index contributed by atoms with van der Waals surface area (Å²) in [4.78, 5) is 21.8. The fourth-order valence-electron chi connectivity index (χ4n) is 2.19. The number of rotatable bonds is 3. The molecule has 0 aliphatic heterocycles. The fraction of sp³-hybridized carbons (Fsp3) is 0. The molecule has 0 atom stereocenters. The molecule has 0 saturated carbocycles. The molecule has 0 saturated heterocycles. The molecular formula is C26H22O4. The van der Waals surface area contributed by atoms with Gasteiger partial charge in [-0.25, -0.2) is 9.59 Å². The Morgan fingerprint density at radius 1 is 0.500 bits per heavy atom. The Morgan fingerprint density at radius 2 is 0.833 bits per heavy atom. The highest BCUT2D eigenvalue weighted by Gasteiger charge is 2.06. The van der Waals surface area contributed by atoms with Crippen LogP contribution in [0.5, 0.6) is 5.75 Å². The van der Waals surface area contributed by atoms with Crippen molar-refractivity contribution in [1.82, 2.24) is 0 Å². The quantitative estimate of drug-likeness (QED) is 0.341. The number of carboxylic acids is 1. The lowest BCUT2D eigenvalue weighted by molar-refractivity contribution is 0.0694. The summed E-state index contributed by atoms with van der Waals surface area (Å²) in [7, 11) is 0. The standard InChI is InChI=1S/C13H10O2.C7H6O2.C6H6/c14-13(11-7-3-1-4-8-11)15-12-9-5-2-6-10-12;8-7(9)6-4-2-1-3-5-6;1-2-4-6-5-3-1/h1-10H;1-5H,(H,8,9);1-6H. The van der Waals surface area contributed by atoms with E-state index in [2.05, 4.69) is 0 Å². The van der Waals surface area contributed by atoms with Crippen LogP contribution in [0.3, 0.4) is 0 Å². The van der Waals surface area contributed by atoms with Gasteiger partial charge in [0.05, 0.1) is 11.1 Å². The second-order valence-electron chi connectivity index (χ2n) is 5.89. The van der Waals surface area contributed by atoms with E-state index in [1.165, 1.54) is 0 Å². The smallest absolute Gasteiger partial charge is 0.343 e. The van der Waals surface area contributed by atoms with Crippen LogP contribution in [0.2, 0.25) is 0 Å². The molecule has 0 bridgehead atoms. The van der Waals surface area contributed by atoms with Crippen LogP contribution in [-0.4, -0.2) is 17.0 Å². The lowest BCUT2D eigenvalue weighted by Gasteiger charge is -2.02. The Balaban J connectivity index is 0.000000180. The van der Waals surface area contributed by atoms with Crippen LogP contribution < -0.4 is 4.74 Å². The number of hydrogen-bond acceptors (Lipinski definition) is 3. The molecule has 0 amide bonds. The Kier molecular flexibility index (Phi) is 9.64. The molecule has 0 radical (unpaired) electrons. The summed E-state index contributed by atoms with van der Waals surface area (Å²) in [6.07, 6.45) is 0. The van der Waals surface area contributed by atoms with Crippen molar-refractivity contribution in [2.45, 2.75) is 0 Å². The third-order valence-corrected chi connectivity index (χ3v) is 3.65. The summed E-state index contributed by atoms with van der Waals surface area (Å²) in [5.41, 5.74) is 0.888. The predicted molar refractivity (Wildman–Crippen MR) is 118 cm³/mol. The Morgan fingerprint density at radius 3 is 1.20 bits per heavy atom. The van der Waals surface area contributed by atoms with Crippen LogP contribution in [-0.2, 0) is 0 Å². The van der Waals surface area contributed by atoms with E-state index in [9.17, 15) is 9.59 Å². The molecule has 4 nitrogen and oxygen atoms in total. The topological polar surface area (TPSA) is 63.6 Å². The van der Waals surface area contributed by atoms with E-state index in [1.807, 2.05) is 72.8 Å². The first-order valence-corrected chi connectivity index (χ1v) is 9.27. The first kappa shape index (κ1) is 22.1. The van der Waals surface area contributed by atoms with Gasteiger partial charge in [-0.15, -0.1) is 0 Å². The Hall–Kier alpha value is -4.18. The fourth-order valence-corrected chi connectivity index (χ4v) is 2.19. The number of esters is 1. The largest absolute Gasteiger partial charge is 0.478 e. The van der Waals surface area contributed by atoms with Crippen molar-refractivity contribution in [2.24, 2.45) is 0 Å². The van der Waals surface area contributed by atoms with E-state index in [0.29, 0.717) is 16.9 Å². The average molecular weight is 398 g/mol. The lowest BCUT2D eigenvalue weighted by Crippen LogP contribution is -2.07. The van der Waals surface area contributed by atoms with Crippen molar-refractivity contribution in [2.75, 3.05) is 0 Å². The molecule has 4 aromatic rings. The van der Waals surface area contributed by atoms with Gasteiger partial charge in [0.25, 0.3) is 0 Å². The number of aromatic carboxylic acids is 1. The van der Waals surface area contributed by atoms with Gasteiger partial charge in [0, 0.05) is 0 Å². The van der Waals surface area contributed by atoms with Crippen molar-refractivity contribution in [1.29, 1.82) is 0 Å². The van der Waals surface area contributed by atoms with Gasteiger partial charge in [0.15, 0.2) is 0 Å². The van der Waals surface area contributed by atoms with Crippen LogP contribution >= 0.6 is 0 Å². The summed E-state index contributed by atoms with van der Waals surface area (Å²) in [6.45, 7) is 0. The molecule has 150 valence electrons. The Labute approximate surface area is 176 Å². The molecule has 1 N–H and O–H groups in total. The number of benzene rings is 4.